The van der Waals surface area contributed by atoms with E-state index in [0.29, 0.717) is 11.3 Å². The van der Waals surface area contributed by atoms with E-state index in [0.717, 1.165) is 10.5 Å². The van der Waals surface area contributed by atoms with Crippen molar-refractivity contribution in [2.45, 2.75) is 11.8 Å². The van der Waals surface area contributed by atoms with Crippen LogP contribution in [0.4, 0.5) is 10.1 Å². The number of hydrogen-bond donors (Lipinski definition) is 1. The van der Waals surface area contributed by atoms with Gasteiger partial charge in [-0.25, -0.2) is 12.8 Å². The standard InChI is InChI=1S/C13H11BrFNO2S/c1-9-8-11(15)4-7-13(9)19(17,18)16-12-5-2-10(14)3-6-12/h2-8,16H,1H3. The van der Waals surface area contributed by atoms with Crippen LogP contribution in [0.3, 0.4) is 0 Å². The van der Waals surface area contributed by atoms with E-state index in [1.165, 1.54) is 12.1 Å². The summed E-state index contributed by atoms with van der Waals surface area (Å²) in [7, 11) is -3.71. The minimum atomic E-state index is -3.71. The summed E-state index contributed by atoms with van der Waals surface area (Å²) in [5, 5.41) is 0. The second kappa shape index (κ2) is 5.30. The lowest BCUT2D eigenvalue weighted by atomic mass is 10.2. The van der Waals surface area contributed by atoms with Crippen molar-refractivity contribution >= 4 is 31.6 Å². The van der Waals surface area contributed by atoms with Crippen molar-refractivity contribution < 1.29 is 12.8 Å². The molecule has 6 heteroatoms. The van der Waals surface area contributed by atoms with Crippen molar-refractivity contribution in [3.8, 4) is 0 Å². The fourth-order valence-corrected chi connectivity index (χ4v) is 3.19. The van der Waals surface area contributed by atoms with E-state index in [1.54, 1.807) is 31.2 Å². The van der Waals surface area contributed by atoms with Gasteiger partial charge >= 0.3 is 0 Å². The summed E-state index contributed by atoms with van der Waals surface area (Å²) in [4.78, 5) is 0.0665. The maximum Gasteiger partial charge on any atom is 0.262 e. The van der Waals surface area contributed by atoms with E-state index >= 15 is 0 Å². The molecule has 0 saturated heterocycles. The first-order valence-corrected chi connectivity index (χ1v) is 7.71. The summed E-state index contributed by atoms with van der Waals surface area (Å²) in [6, 6.07) is 10.3. The summed E-state index contributed by atoms with van der Waals surface area (Å²) in [5.41, 5.74) is 0.816. The Kier molecular flexibility index (Phi) is 3.91. The van der Waals surface area contributed by atoms with Crippen LogP contribution in [-0.4, -0.2) is 8.42 Å². The zero-order valence-electron chi connectivity index (χ0n) is 10.0. The summed E-state index contributed by atoms with van der Waals surface area (Å²) in [6.07, 6.45) is 0. The van der Waals surface area contributed by atoms with Gasteiger partial charge in [-0.3, -0.25) is 4.72 Å². The Morgan fingerprint density at radius 2 is 1.74 bits per heavy atom. The fourth-order valence-electron chi connectivity index (χ4n) is 1.64. The molecule has 0 saturated carbocycles. The average molecular weight is 344 g/mol. The minimum absolute atomic E-state index is 0.0665. The molecular weight excluding hydrogens is 333 g/mol. The van der Waals surface area contributed by atoms with Gasteiger partial charge in [0.2, 0.25) is 0 Å². The number of benzene rings is 2. The second-order valence-electron chi connectivity index (χ2n) is 4.02. The fraction of sp³-hybridized carbons (Fsp3) is 0.0769. The third-order valence-corrected chi connectivity index (χ3v) is 4.59. The van der Waals surface area contributed by atoms with Gasteiger partial charge in [0.05, 0.1) is 4.90 Å². The minimum Gasteiger partial charge on any atom is -0.280 e. The highest BCUT2D eigenvalue weighted by molar-refractivity contribution is 9.10. The molecule has 2 aromatic carbocycles. The lowest BCUT2D eigenvalue weighted by Gasteiger charge is -2.10. The van der Waals surface area contributed by atoms with Gasteiger partial charge in [0.1, 0.15) is 5.82 Å². The highest BCUT2D eigenvalue weighted by Gasteiger charge is 2.17. The first kappa shape index (κ1) is 14.0. The van der Waals surface area contributed by atoms with Crippen LogP contribution in [0, 0.1) is 12.7 Å². The third kappa shape index (κ3) is 3.33. The Bertz CT molecular complexity index is 699. The highest BCUT2D eigenvalue weighted by Crippen LogP contribution is 2.21. The van der Waals surface area contributed by atoms with Crippen LogP contribution in [0.5, 0.6) is 0 Å². The molecular formula is C13H11BrFNO2S. The van der Waals surface area contributed by atoms with E-state index in [9.17, 15) is 12.8 Å². The van der Waals surface area contributed by atoms with Crippen molar-refractivity contribution in [1.82, 2.24) is 0 Å². The zero-order chi connectivity index (χ0) is 14.0. The Morgan fingerprint density at radius 1 is 1.11 bits per heavy atom. The van der Waals surface area contributed by atoms with Crippen molar-refractivity contribution in [3.63, 3.8) is 0 Å². The summed E-state index contributed by atoms with van der Waals surface area (Å²) >= 11 is 3.27. The number of sulfonamides is 1. The molecule has 0 bridgehead atoms. The molecule has 0 aliphatic carbocycles. The first-order valence-electron chi connectivity index (χ1n) is 5.43. The van der Waals surface area contributed by atoms with Crippen LogP contribution in [0.15, 0.2) is 51.8 Å². The van der Waals surface area contributed by atoms with Gasteiger partial charge in [0.25, 0.3) is 10.0 Å². The van der Waals surface area contributed by atoms with Gasteiger partial charge < -0.3 is 0 Å². The Hall–Kier alpha value is -1.40. The van der Waals surface area contributed by atoms with Crippen LogP contribution in [0.1, 0.15) is 5.56 Å². The topological polar surface area (TPSA) is 46.2 Å². The maximum atomic E-state index is 13.0. The van der Waals surface area contributed by atoms with Crippen molar-refractivity contribution in [2.24, 2.45) is 0 Å². The van der Waals surface area contributed by atoms with Crippen molar-refractivity contribution in [2.75, 3.05) is 4.72 Å². The Labute approximate surface area is 119 Å². The molecule has 3 nitrogen and oxygen atoms in total. The number of hydrogen-bond acceptors (Lipinski definition) is 2. The first-order chi connectivity index (χ1) is 8.88. The second-order valence-corrected chi connectivity index (χ2v) is 6.59. The molecule has 2 rings (SSSR count). The summed E-state index contributed by atoms with van der Waals surface area (Å²) < 4.78 is 40.6. The Morgan fingerprint density at radius 3 is 2.32 bits per heavy atom. The van der Waals surface area contributed by atoms with Gasteiger partial charge in [0, 0.05) is 10.2 Å². The molecule has 19 heavy (non-hydrogen) atoms. The van der Waals surface area contributed by atoms with E-state index in [1.807, 2.05) is 0 Å². The molecule has 0 aliphatic rings. The van der Waals surface area contributed by atoms with Gasteiger partial charge in [-0.1, -0.05) is 15.9 Å². The van der Waals surface area contributed by atoms with Crippen LogP contribution in [0.25, 0.3) is 0 Å². The van der Waals surface area contributed by atoms with Gasteiger partial charge in [0.15, 0.2) is 0 Å². The Balaban J connectivity index is 2.35. The quantitative estimate of drug-likeness (QED) is 0.923. The molecule has 1 N–H and O–H groups in total. The normalized spacial score (nSPS) is 11.3. The summed E-state index contributed by atoms with van der Waals surface area (Å²) in [5.74, 6) is -0.458. The smallest absolute Gasteiger partial charge is 0.262 e. The van der Waals surface area contributed by atoms with E-state index in [2.05, 4.69) is 20.7 Å². The number of aryl methyl sites for hydroxylation is 1. The lowest BCUT2D eigenvalue weighted by molar-refractivity contribution is 0.598. The molecule has 0 aliphatic heterocycles. The molecule has 0 radical (unpaired) electrons. The third-order valence-electron chi connectivity index (χ3n) is 2.52. The van der Waals surface area contributed by atoms with Gasteiger partial charge in [-0.05, 0) is 55.0 Å². The SMILES string of the molecule is Cc1cc(F)ccc1S(=O)(=O)Nc1ccc(Br)cc1. The van der Waals surface area contributed by atoms with E-state index < -0.39 is 15.8 Å². The highest BCUT2D eigenvalue weighted by atomic mass is 79.9. The van der Waals surface area contributed by atoms with E-state index in [4.69, 9.17) is 0 Å². The predicted molar refractivity (Wildman–Crippen MR) is 76.1 cm³/mol. The molecule has 0 heterocycles. The van der Waals surface area contributed by atoms with Gasteiger partial charge in [-0.15, -0.1) is 0 Å². The number of rotatable bonds is 3. The molecule has 0 spiro atoms. The predicted octanol–water partition coefficient (Wildman–Crippen LogP) is 3.70. The molecule has 2 aromatic rings. The molecule has 100 valence electrons. The number of halogens is 2. The molecule has 0 amide bonds. The van der Waals surface area contributed by atoms with Crippen LogP contribution in [-0.2, 0) is 10.0 Å². The molecule has 0 unspecified atom stereocenters. The van der Waals surface area contributed by atoms with E-state index in [-0.39, 0.29) is 4.90 Å². The van der Waals surface area contributed by atoms with Crippen molar-refractivity contribution in [1.29, 1.82) is 0 Å². The number of anilines is 1. The average Bonchev–Trinajstić information content (AvgIpc) is 2.31. The van der Waals surface area contributed by atoms with Crippen LogP contribution < -0.4 is 4.72 Å². The van der Waals surface area contributed by atoms with Crippen molar-refractivity contribution in [3.05, 3.63) is 58.3 Å². The largest absolute Gasteiger partial charge is 0.280 e. The maximum absolute atomic E-state index is 13.0. The molecule has 0 fully saturated rings. The van der Waals surface area contributed by atoms with Gasteiger partial charge in [-0.2, -0.15) is 0 Å². The summed E-state index contributed by atoms with van der Waals surface area (Å²) in [6.45, 7) is 1.55. The lowest BCUT2D eigenvalue weighted by Crippen LogP contribution is -2.14. The molecule has 0 aromatic heterocycles. The zero-order valence-corrected chi connectivity index (χ0v) is 12.4. The van der Waals surface area contributed by atoms with Crippen LogP contribution in [0.2, 0.25) is 0 Å². The number of nitrogens with one attached hydrogen (secondary N) is 1. The van der Waals surface area contributed by atoms with Crippen LogP contribution >= 0.6 is 15.9 Å². The molecule has 0 atom stereocenters. The monoisotopic (exact) mass is 343 g/mol.